The molecule has 45 heavy (non-hydrogen) atoms. The number of aliphatic hydroxyl groups is 1. The number of hydrogen-bond donors (Lipinski definition) is 3. The zero-order chi connectivity index (χ0) is 33.3. The number of aromatic hydroxyl groups is 2. The zero-order valence-electron chi connectivity index (χ0n) is 26.3. The molecule has 0 saturated carbocycles. The van der Waals surface area contributed by atoms with Crippen molar-refractivity contribution in [2.75, 3.05) is 28.3 Å². The lowest BCUT2D eigenvalue weighted by molar-refractivity contribution is -0.287. The Labute approximate surface area is 259 Å². The van der Waals surface area contributed by atoms with Crippen LogP contribution in [0.1, 0.15) is 88.0 Å². The Morgan fingerprint density at radius 2 is 1.67 bits per heavy atom. The number of fused-ring (bicyclic) bond motifs is 3. The molecule has 1 aliphatic heterocycles. The zero-order valence-corrected chi connectivity index (χ0v) is 26.3. The topological polar surface area (TPSA) is 178 Å². The summed E-state index contributed by atoms with van der Waals surface area (Å²) in [5.74, 6) is -4.22. The van der Waals surface area contributed by atoms with Gasteiger partial charge < -0.3 is 43.9 Å². The molecule has 0 radical (unpaired) electrons. The molecule has 0 aromatic heterocycles. The molecular formula is C32H37NO12. The van der Waals surface area contributed by atoms with Crippen LogP contribution in [0, 0.1) is 0 Å². The number of benzene rings is 2. The second kappa shape index (κ2) is 11.2. The van der Waals surface area contributed by atoms with Crippen LogP contribution in [0.4, 0.5) is 0 Å². The largest absolute Gasteiger partial charge is 0.507 e. The predicted octanol–water partition coefficient (Wildman–Crippen LogP) is 2.29. The Hall–Kier alpha value is -3.88. The molecule has 0 amide bonds. The predicted molar refractivity (Wildman–Crippen MR) is 156 cm³/mol. The molecule has 5 rings (SSSR count). The van der Waals surface area contributed by atoms with Crippen molar-refractivity contribution in [3.05, 3.63) is 51.6 Å². The molecule has 1 saturated heterocycles. The molecule has 2 aromatic carbocycles. The Morgan fingerprint density at radius 3 is 2.24 bits per heavy atom. The third kappa shape index (κ3) is 4.81. The summed E-state index contributed by atoms with van der Waals surface area (Å²) in [5, 5.41) is 33.8. The van der Waals surface area contributed by atoms with Crippen LogP contribution in [-0.4, -0.2) is 108 Å². The van der Waals surface area contributed by atoms with Gasteiger partial charge in [-0.3, -0.25) is 19.2 Å². The van der Waals surface area contributed by atoms with E-state index >= 15 is 0 Å². The van der Waals surface area contributed by atoms with Crippen LogP contribution >= 0.6 is 0 Å². The van der Waals surface area contributed by atoms with Gasteiger partial charge in [0, 0.05) is 37.1 Å². The fourth-order valence-corrected chi connectivity index (χ4v) is 6.77. The Kier molecular flexibility index (Phi) is 8.07. The number of carbonyl (C=O) groups excluding carboxylic acids is 4. The number of phenolic OH excluding ortho intramolecular Hbond substituents is 2. The molecule has 1 fully saturated rings. The quantitative estimate of drug-likeness (QED) is 0.339. The minimum Gasteiger partial charge on any atom is -0.507 e. The van der Waals surface area contributed by atoms with E-state index in [0.717, 1.165) is 6.07 Å². The first-order valence-corrected chi connectivity index (χ1v) is 14.4. The van der Waals surface area contributed by atoms with Gasteiger partial charge in [0.1, 0.15) is 35.6 Å². The highest BCUT2D eigenvalue weighted by molar-refractivity contribution is 6.32. The summed E-state index contributed by atoms with van der Waals surface area (Å²) in [5.41, 5.74) is -4.77. The Balaban J connectivity index is 1.66. The fraction of sp³-hybridized carbons (Fsp3) is 0.500. The van der Waals surface area contributed by atoms with E-state index < -0.39 is 82.2 Å². The number of esters is 1. The molecule has 0 spiro atoms. The average molecular weight is 628 g/mol. The Morgan fingerprint density at radius 1 is 1.00 bits per heavy atom. The van der Waals surface area contributed by atoms with Crippen molar-refractivity contribution in [2.24, 2.45) is 0 Å². The van der Waals surface area contributed by atoms with E-state index in [1.807, 2.05) is 25.9 Å². The van der Waals surface area contributed by atoms with Crippen LogP contribution in [0.15, 0.2) is 18.2 Å². The van der Waals surface area contributed by atoms with Crippen LogP contribution in [0.3, 0.4) is 0 Å². The van der Waals surface area contributed by atoms with Crippen molar-refractivity contribution < 1.29 is 58.2 Å². The van der Waals surface area contributed by atoms with E-state index in [1.165, 1.54) is 40.2 Å². The smallest absolute Gasteiger partial charge is 0.303 e. The second-order valence-corrected chi connectivity index (χ2v) is 12.3. The minimum absolute atomic E-state index is 0.0163. The highest BCUT2D eigenvalue weighted by atomic mass is 16.7. The van der Waals surface area contributed by atoms with Crippen LogP contribution < -0.4 is 4.74 Å². The number of ketones is 3. The number of likely N-dealkylation sites (N-methyl/N-ethyl adjacent to an activating group) is 1. The number of hydrogen-bond acceptors (Lipinski definition) is 13. The molecule has 242 valence electrons. The summed E-state index contributed by atoms with van der Waals surface area (Å²) in [6.45, 7) is 6.11. The summed E-state index contributed by atoms with van der Waals surface area (Å²) in [6.07, 6.45) is -5.03. The standard InChI is InChI=1S/C32H37NO12/c1-13-29(44-14(2)34)31(3,33(5)6)12-19(43-13)45-27-21-16(28(39)32(4,40)30(27)42-8)11-15-20(25(21)37)26(38)22-17(35)9-10-18(41-7)23(22)24(15)36/h9-11,13,19,27,29-30,35,37,40H,12H2,1-8H3/t13-,19+,27+,29-,30+,31+,32-/m0/s1. The summed E-state index contributed by atoms with van der Waals surface area (Å²) in [4.78, 5) is 55.1. The van der Waals surface area contributed by atoms with E-state index in [-0.39, 0.29) is 40.0 Å². The fourth-order valence-electron chi connectivity index (χ4n) is 6.77. The molecule has 2 aliphatic carbocycles. The molecule has 1 heterocycles. The SMILES string of the molecule is COc1ccc(O)c2c1C(=O)c1cc3c(c(O)c1C2=O)[C@@H](O[C@@H]1C[C@@](C)(N(C)C)[C@@H](OC(C)=O)[C@H](C)O1)[C@@H](OC)[C@@](C)(O)C3=O. The van der Waals surface area contributed by atoms with E-state index in [0.29, 0.717) is 0 Å². The van der Waals surface area contributed by atoms with E-state index in [4.69, 9.17) is 23.7 Å². The molecule has 3 aliphatic rings. The molecule has 13 heteroatoms. The van der Waals surface area contributed by atoms with Gasteiger partial charge in [-0.1, -0.05) is 0 Å². The van der Waals surface area contributed by atoms with Gasteiger partial charge in [0.25, 0.3) is 0 Å². The van der Waals surface area contributed by atoms with E-state index in [9.17, 15) is 34.5 Å². The van der Waals surface area contributed by atoms with Crippen molar-refractivity contribution in [1.29, 1.82) is 0 Å². The third-order valence-corrected chi connectivity index (χ3v) is 9.30. The second-order valence-electron chi connectivity index (χ2n) is 12.3. The summed E-state index contributed by atoms with van der Waals surface area (Å²) in [7, 11) is 6.17. The lowest BCUT2D eigenvalue weighted by Gasteiger charge is -2.51. The molecule has 13 nitrogen and oxygen atoms in total. The van der Waals surface area contributed by atoms with Crippen LogP contribution in [0.25, 0.3) is 0 Å². The van der Waals surface area contributed by atoms with Crippen LogP contribution in [0.2, 0.25) is 0 Å². The van der Waals surface area contributed by atoms with Gasteiger partial charge in [-0.15, -0.1) is 0 Å². The number of Topliss-reactive ketones (excluding diaryl/α,β-unsaturated/α-hetero) is 1. The van der Waals surface area contributed by atoms with Gasteiger partial charge in [0.05, 0.1) is 35.4 Å². The summed E-state index contributed by atoms with van der Waals surface area (Å²) in [6, 6.07) is 3.66. The van der Waals surface area contributed by atoms with Crippen molar-refractivity contribution >= 4 is 23.3 Å². The van der Waals surface area contributed by atoms with Crippen molar-refractivity contribution in [3.8, 4) is 17.2 Å². The van der Waals surface area contributed by atoms with E-state index in [2.05, 4.69) is 0 Å². The number of nitrogens with zero attached hydrogens (tertiary/aromatic N) is 1. The van der Waals surface area contributed by atoms with Gasteiger partial charge in [-0.05, 0) is 53.1 Å². The molecular weight excluding hydrogens is 590 g/mol. The maximum absolute atomic E-state index is 13.8. The molecule has 2 aromatic rings. The first kappa shape index (κ1) is 32.5. The first-order chi connectivity index (χ1) is 21.0. The third-order valence-electron chi connectivity index (χ3n) is 9.30. The van der Waals surface area contributed by atoms with Crippen molar-refractivity contribution in [2.45, 2.75) is 76.0 Å². The van der Waals surface area contributed by atoms with Gasteiger partial charge in [0.2, 0.25) is 5.78 Å². The van der Waals surface area contributed by atoms with Crippen molar-refractivity contribution in [3.63, 3.8) is 0 Å². The Bertz CT molecular complexity index is 1610. The van der Waals surface area contributed by atoms with Gasteiger partial charge in [-0.2, -0.15) is 0 Å². The number of methoxy groups -OCH3 is 2. The number of phenols is 2. The summed E-state index contributed by atoms with van der Waals surface area (Å²) < 4.78 is 29.0. The van der Waals surface area contributed by atoms with Crippen molar-refractivity contribution in [1.82, 2.24) is 4.90 Å². The van der Waals surface area contributed by atoms with Gasteiger partial charge >= 0.3 is 5.97 Å². The highest BCUT2D eigenvalue weighted by Gasteiger charge is 2.56. The maximum atomic E-state index is 13.8. The number of carbonyl (C=O) groups is 4. The average Bonchev–Trinajstić information content (AvgIpc) is 2.95. The number of ether oxygens (including phenoxy) is 5. The normalized spacial score (nSPS) is 30.9. The van der Waals surface area contributed by atoms with Crippen LogP contribution in [0.5, 0.6) is 17.2 Å². The molecule has 0 unspecified atom stereocenters. The van der Waals surface area contributed by atoms with E-state index in [1.54, 1.807) is 6.92 Å². The highest BCUT2D eigenvalue weighted by Crippen LogP contribution is 2.50. The van der Waals surface area contributed by atoms with Crippen LogP contribution in [-0.2, 0) is 23.7 Å². The number of rotatable bonds is 6. The first-order valence-electron chi connectivity index (χ1n) is 14.4. The molecule has 3 N–H and O–H groups in total. The molecule has 7 atom stereocenters. The van der Waals surface area contributed by atoms with Gasteiger partial charge in [-0.25, -0.2) is 0 Å². The monoisotopic (exact) mass is 627 g/mol. The van der Waals surface area contributed by atoms with Gasteiger partial charge in [0.15, 0.2) is 23.5 Å². The minimum atomic E-state index is -2.20. The lowest BCUT2D eigenvalue weighted by atomic mass is 9.72. The maximum Gasteiger partial charge on any atom is 0.303 e. The lowest BCUT2D eigenvalue weighted by Crippen LogP contribution is -2.63. The molecule has 0 bridgehead atoms. The summed E-state index contributed by atoms with van der Waals surface area (Å²) >= 11 is 0.